The van der Waals surface area contributed by atoms with Gasteiger partial charge in [0.25, 0.3) is 0 Å². The fourth-order valence-electron chi connectivity index (χ4n) is 3.49. The second-order valence-electron chi connectivity index (χ2n) is 8.13. The lowest BCUT2D eigenvalue weighted by Crippen LogP contribution is -2.33. The van der Waals surface area contributed by atoms with Gasteiger partial charge in [0.15, 0.2) is 0 Å². The van der Waals surface area contributed by atoms with Crippen LogP contribution >= 0.6 is 11.3 Å². The number of hydrogen-bond donors (Lipinski definition) is 1. The molecule has 0 unspecified atom stereocenters. The van der Waals surface area contributed by atoms with E-state index in [0.717, 1.165) is 4.88 Å². The minimum absolute atomic E-state index is 0.207. The molecule has 0 amide bonds. The van der Waals surface area contributed by atoms with Crippen LogP contribution in [0, 0.1) is 11.8 Å². The monoisotopic (exact) mass is 352 g/mol. The van der Waals surface area contributed by atoms with E-state index in [0.29, 0.717) is 12.0 Å². The molecule has 1 aliphatic carbocycles. The lowest BCUT2D eigenvalue weighted by molar-refractivity contribution is 0.0697. The summed E-state index contributed by atoms with van der Waals surface area (Å²) in [6, 6.07) is 8.43. The van der Waals surface area contributed by atoms with Gasteiger partial charge in [-0.15, -0.1) is 11.3 Å². The smallest absolute Gasteiger partial charge is 0.336 e. The van der Waals surface area contributed by atoms with E-state index in [1.807, 2.05) is 0 Å². The van der Waals surface area contributed by atoms with E-state index in [-0.39, 0.29) is 10.8 Å². The second-order valence-corrected chi connectivity index (χ2v) is 9.04. The molecule has 1 heterocycles. The first-order chi connectivity index (χ1) is 11.7. The number of hydrogen-bond acceptors (Lipinski definition) is 2. The lowest BCUT2D eigenvalue weighted by Gasteiger charge is -2.42. The highest BCUT2D eigenvalue weighted by Crippen LogP contribution is 2.45. The first kappa shape index (κ1) is 17.8. The number of fused-ring (bicyclic) bond motifs is 1. The largest absolute Gasteiger partial charge is 0.478 e. The maximum atomic E-state index is 10.9. The third-order valence-corrected chi connectivity index (χ3v) is 6.11. The molecular formula is C22H24O2S. The first-order valence-corrected chi connectivity index (χ1v) is 9.52. The molecule has 0 spiro atoms. The summed E-state index contributed by atoms with van der Waals surface area (Å²) in [6.45, 7) is 9.32. The van der Waals surface area contributed by atoms with Crippen LogP contribution < -0.4 is 0 Å². The molecule has 3 rings (SSSR count). The molecule has 1 N–H and O–H groups in total. The van der Waals surface area contributed by atoms with Crippen LogP contribution in [0.4, 0.5) is 0 Å². The summed E-state index contributed by atoms with van der Waals surface area (Å²) < 4.78 is 0. The van der Waals surface area contributed by atoms with Crippen molar-refractivity contribution in [3.63, 3.8) is 0 Å². The van der Waals surface area contributed by atoms with Crippen molar-refractivity contribution < 1.29 is 9.90 Å². The fraction of sp³-hybridized carbons (Fsp3) is 0.409. The van der Waals surface area contributed by atoms with Gasteiger partial charge in [0.2, 0.25) is 0 Å². The predicted octanol–water partition coefficient (Wildman–Crippen LogP) is 5.39. The number of benzene rings is 1. The quantitative estimate of drug-likeness (QED) is 0.736. The van der Waals surface area contributed by atoms with Crippen LogP contribution in [0.3, 0.4) is 0 Å². The molecule has 0 fully saturated rings. The van der Waals surface area contributed by atoms with E-state index >= 15 is 0 Å². The molecule has 130 valence electrons. The maximum absolute atomic E-state index is 10.9. The summed E-state index contributed by atoms with van der Waals surface area (Å²) in [4.78, 5) is 11.7. The molecule has 0 saturated carbocycles. The summed E-state index contributed by atoms with van der Waals surface area (Å²) in [5, 5.41) is 10.6. The Morgan fingerprint density at radius 1 is 1.12 bits per heavy atom. The number of carbonyl (C=O) groups is 1. The van der Waals surface area contributed by atoms with Gasteiger partial charge < -0.3 is 5.11 Å². The number of aromatic carboxylic acids is 1. The lowest BCUT2D eigenvalue weighted by atomic mass is 9.63. The van der Waals surface area contributed by atoms with Gasteiger partial charge in [0.1, 0.15) is 0 Å². The summed E-state index contributed by atoms with van der Waals surface area (Å²) in [6.07, 6.45) is 3.11. The average molecular weight is 352 g/mol. The van der Waals surface area contributed by atoms with Crippen molar-refractivity contribution in [1.29, 1.82) is 0 Å². The van der Waals surface area contributed by atoms with Gasteiger partial charge in [-0.2, -0.15) is 0 Å². The molecule has 1 aliphatic rings. The molecule has 0 atom stereocenters. The van der Waals surface area contributed by atoms with Crippen molar-refractivity contribution in [2.75, 3.05) is 0 Å². The summed E-state index contributed by atoms with van der Waals surface area (Å²) in [5.74, 6) is 5.38. The summed E-state index contributed by atoms with van der Waals surface area (Å²) >= 11 is 1.38. The zero-order chi connectivity index (χ0) is 18.2. The minimum Gasteiger partial charge on any atom is -0.478 e. The van der Waals surface area contributed by atoms with Gasteiger partial charge in [-0.05, 0) is 46.4 Å². The van der Waals surface area contributed by atoms with Crippen LogP contribution in [0.1, 0.15) is 72.5 Å². The average Bonchev–Trinajstić information content (AvgIpc) is 3.01. The van der Waals surface area contributed by atoms with E-state index in [1.165, 1.54) is 40.9 Å². The third kappa shape index (κ3) is 3.65. The first-order valence-electron chi connectivity index (χ1n) is 8.64. The summed E-state index contributed by atoms with van der Waals surface area (Å²) in [5.41, 5.74) is 4.90. The van der Waals surface area contributed by atoms with Gasteiger partial charge in [-0.3, -0.25) is 0 Å². The number of carboxylic acids is 1. The van der Waals surface area contributed by atoms with Gasteiger partial charge in [0.05, 0.1) is 10.4 Å². The second kappa shape index (κ2) is 6.35. The van der Waals surface area contributed by atoms with E-state index in [9.17, 15) is 4.79 Å². The van der Waals surface area contributed by atoms with Crippen LogP contribution in [0.2, 0.25) is 0 Å². The van der Waals surface area contributed by atoms with Crippen LogP contribution in [-0.2, 0) is 17.3 Å². The van der Waals surface area contributed by atoms with Crippen molar-refractivity contribution >= 4 is 17.3 Å². The third-order valence-electron chi connectivity index (χ3n) is 5.27. The molecular weight excluding hydrogens is 328 g/mol. The Labute approximate surface area is 153 Å². The van der Waals surface area contributed by atoms with Gasteiger partial charge in [-0.25, -0.2) is 4.79 Å². The maximum Gasteiger partial charge on any atom is 0.336 e. The minimum atomic E-state index is -0.899. The molecule has 1 aromatic heterocycles. The Morgan fingerprint density at radius 3 is 2.44 bits per heavy atom. The van der Waals surface area contributed by atoms with E-state index in [4.69, 9.17) is 5.11 Å². The zero-order valence-corrected chi connectivity index (χ0v) is 16.1. The van der Waals surface area contributed by atoms with Crippen LogP contribution in [0.25, 0.3) is 0 Å². The molecule has 0 aliphatic heterocycles. The Balaban J connectivity index is 1.83. The Hall–Kier alpha value is -2.05. The normalized spacial score (nSPS) is 17.3. The molecule has 1 aromatic carbocycles. The topological polar surface area (TPSA) is 37.3 Å². The van der Waals surface area contributed by atoms with Crippen molar-refractivity contribution in [2.24, 2.45) is 0 Å². The number of rotatable bonds is 2. The molecule has 25 heavy (non-hydrogen) atoms. The molecule has 0 radical (unpaired) electrons. The molecule has 3 heteroatoms. The number of thiophene rings is 1. The number of carboxylic acid groups (broad SMARTS) is 1. The van der Waals surface area contributed by atoms with Crippen molar-refractivity contribution in [3.05, 3.63) is 56.8 Å². The van der Waals surface area contributed by atoms with Crippen LogP contribution in [-0.4, -0.2) is 11.1 Å². The SMILES string of the molecule is CC1(C)CCC(C)(C)c2cc(CC#Cc3cc(C(=O)O)cs3)ccc21. The van der Waals surface area contributed by atoms with E-state index in [2.05, 4.69) is 57.7 Å². The van der Waals surface area contributed by atoms with Gasteiger partial charge in [0, 0.05) is 11.8 Å². The Kier molecular flexibility index (Phi) is 4.51. The molecule has 2 aromatic rings. The highest BCUT2D eigenvalue weighted by Gasteiger charge is 2.36. The van der Waals surface area contributed by atoms with Crippen LogP contribution in [0.5, 0.6) is 0 Å². The highest BCUT2D eigenvalue weighted by molar-refractivity contribution is 7.10. The van der Waals surface area contributed by atoms with Crippen molar-refractivity contribution in [1.82, 2.24) is 0 Å². The fourth-order valence-corrected chi connectivity index (χ4v) is 4.24. The van der Waals surface area contributed by atoms with E-state index < -0.39 is 5.97 Å². The molecule has 0 saturated heterocycles. The standard InChI is InChI=1S/C22H24O2S/c1-21(2)10-11-22(3,4)19-12-15(8-9-18(19)21)6-5-7-17-13-16(14-25-17)20(23)24/h8-9,12-14H,6,10-11H2,1-4H3,(H,23,24). The van der Waals surface area contributed by atoms with Gasteiger partial charge in [-0.1, -0.05) is 57.7 Å². The summed E-state index contributed by atoms with van der Waals surface area (Å²) in [7, 11) is 0. The Morgan fingerprint density at radius 2 is 1.80 bits per heavy atom. The van der Waals surface area contributed by atoms with Crippen molar-refractivity contribution in [3.8, 4) is 11.8 Å². The Bertz CT molecular complexity index is 875. The molecule has 0 bridgehead atoms. The predicted molar refractivity (Wildman–Crippen MR) is 104 cm³/mol. The molecule has 2 nitrogen and oxygen atoms in total. The van der Waals surface area contributed by atoms with E-state index in [1.54, 1.807) is 11.4 Å². The van der Waals surface area contributed by atoms with Crippen molar-refractivity contribution in [2.45, 2.75) is 57.8 Å². The van der Waals surface area contributed by atoms with Gasteiger partial charge >= 0.3 is 5.97 Å². The van der Waals surface area contributed by atoms with Crippen LogP contribution in [0.15, 0.2) is 29.6 Å². The highest BCUT2D eigenvalue weighted by atomic mass is 32.1. The zero-order valence-electron chi connectivity index (χ0n) is 15.3.